The number of ether oxygens (including phenoxy) is 2. The van der Waals surface area contributed by atoms with Crippen LogP contribution in [0, 0.1) is 0 Å². The number of aromatic nitrogens is 6. The van der Waals surface area contributed by atoms with Gasteiger partial charge in [-0.05, 0) is 18.7 Å². The number of rotatable bonds is 10. The number of hydrogen-bond donors (Lipinski definition) is 1. The summed E-state index contributed by atoms with van der Waals surface area (Å²) in [6, 6.07) is 14.7. The van der Waals surface area contributed by atoms with Crippen LogP contribution >= 0.6 is 0 Å². The summed E-state index contributed by atoms with van der Waals surface area (Å²) in [5.41, 5.74) is 4.15. The molecule has 5 rings (SSSR count). The van der Waals surface area contributed by atoms with Crippen LogP contribution < -0.4 is 15.0 Å². The van der Waals surface area contributed by atoms with Gasteiger partial charge >= 0.3 is 6.01 Å². The molecule has 10 heteroatoms. The zero-order valence-corrected chi connectivity index (χ0v) is 20.8. The van der Waals surface area contributed by atoms with Gasteiger partial charge in [-0.1, -0.05) is 30.3 Å². The Balaban J connectivity index is 1.48. The Morgan fingerprint density at radius 2 is 1.83 bits per heavy atom. The molecule has 3 aromatic heterocycles. The Hall–Kier alpha value is -3.76. The fourth-order valence-electron chi connectivity index (χ4n) is 4.19. The Bertz CT molecular complexity index is 1260. The first-order valence-corrected chi connectivity index (χ1v) is 12.3. The van der Waals surface area contributed by atoms with Gasteiger partial charge in [-0.2, -0.15) is 20.2 Å². The molecule has 4 heterocycles. The topological polar surface area (TPSA) is 95.2 Å². The minimum absolute atomic E-state index is 0.342. The molecule has 0 radical (unpaired) electrons. The smallest absolute Gasteiger partial charge is 0.320 e. The summed E-state index contributed by atoms with van der Waals surface area (Å²) >= 11 is 0. The molecule has 0 saturated carbocycles. The summed E-state index contributed by atoms with van der Waals surface area (Å²) in [5.74, 6) is 1.51. The summed E-state index contributed by atoms with van der Waals surface area (Å²) in [5, 5.41) is 12.4. The molecule has 0 aliphatic carbocycles. The molecule has 1 N–H and O–H groups in total. The zero-order chi connectivity index (χ0) is 24.7. The summed E-state index contributed by atoms with van der Waals surface area (Å²) < 4.78 is 15.3. The van der Waals surface area contributed by atoms with Crippen LogP contribution in [0.15, 0.2) is 54.9 Å². The van der Waals surface area contributed by atoms with Crippen molar-refractivity contribution in [2.75, 3.05) is 51.4 Å². The summed E-state index contributed by atoms with van der Waals surface area (Å²) in [6.07, 6.45) is 5.37. The highest BCUT2D eigenvalue weighted by molar-refractivity contribution is 5.60. The van der Waals surface area contributed by atoms with Crippen molar-refractivity contribution in [2.45, 2.75) is 12.8 Å². The van der Waals surface area contributed by atoms with Crippen molar-refractivity contribution < 1.29 is 9.47 Å². The normalized spacial score (nSPS) is 13.8. The van der Waals surface area contributed by atoms with E-state index in [1.54, 1.807) is 4.68 Å². The molecule has 1 aliphatic rings. The van der Waals surface area contributed by atoms with E-state index in [9.17, 15) is 0 Å². The molecule has 1 aliphatic heterocycles. The molecular weight excluding hydrogens is 456 g/mol. The van der Waals surface area contributed by atoms with Gasteiger partial charge in [0.2, 0.25) is 0 Å². The average molecular weight is 489 g/mol. The molecule has 0 unspecified atom stereocenters. The number of benzene rings is 1. The van der Waals surface area contributed by atoms with Crippen LogP contribution in [-0.4, -0.2) is 76.0 Å². The van der Waals surface area contributed by atoms with Crippen LogP contribution in [0.5, 0.6) is 6.01 Å². The lowest BCUT2D eigenvalue weighted by atomic mass is 10.1. The van der Waals surface area contributed by atoms with Crippen LogP contribution in [-0.2, 0) is 24.6 Å². The lowest BCUT2D eigenvalue weighted by molar-refractivity contribution is 0.122. The number of hydrogen-bond acceptors (Lipinski definition) is 8. The molecule has 1 fully saturated rings. The molecule has 0 bridgehead atoms. The van der Waals surface area contributed by atoms with Crippen LogP contribution in [0.4, 0.5) is 5.82 Å². The largest absolute Gasteiger partial charge is 0.463 e. The first-order chi connectivity index (χ1) is 17.7. The maximum Gasteiger partial charge on any atom is 0.320 e. The Morgan fingerprint density at radius 1 is 1.03 bits per heavy atom. The monoisotopic (exact) mass is 488 g/mol. The van der Waals surface area contributed by atoms with Gasteiger partial charge in [0.05, 0.1) is 31.7 Å². The minimum atomic E-state index is 0.342. The predicted molar refractivity (Wildman–Crippen MR) is 138 cm³/mol. The van der Waals surface area contributed by atoms with Crippen LogP contribution in [0.3, 0.4) is 0 Å². The van der Waals surface area contributed by atoms with Gasteiger partial charge in [0.25, 0.3) is 0 Å². The molecule has 188 valence electrons. The van der Waals surface area contributed by atoms with E-state index in [2.05, 4.69) is 33.5 Å². The summed E-state index contributed by atoms with van der Waals surface area (Å²) in [4.78, 5) is 11.7. The van der Waals surface area contributed by atoms with Gasteiger partial charge < -0.3 is 19.7 Å². The second kappa shape index (κ2) is 11.3. The second-order valence-corrected chi connectivity index (χ2v) is 8.74. The number of likely N-dealkylation sites (N-methyl/N-ethyl adjacent to an activating group) is 1. The highest BCUT2D eigenvalue weighted by Gasteiger charge is 2.19. The standard InChI is InChI=1S/C26H32N8O2/c1-27-10-8-22-16-23(21-6-4-3-5-7-21)31-34(22)25-17-24(33-11-14-35-15-12-33)29-26(30-25)36-13-9-20-18-28-32(2)19-20/h3-7,16-19,27H,8-15H2,1-2H3. The van der Waals surface area contributed by atoms with Gasteiger partial charge in [-0.25, -0.2) is 4.68 Å². The van der Waals surface area contributed by atoms with Gasteiger partial charge in [-0.15, -0.1) is 0 Å². The third-order valence-corrected chi connectivity index (χ3v) is 6.09. The molecule has 1 aromatic carbocycles. The van der Waals surface area contributed by atoms with Crippen molar-refractivity contribution in [3.05, 3.63) is 66.1 Å². The molecule has 0 amide bonds. The van der Waals surface area contributed by atoms with Gasteiger partial charge in [0, 0.05) is 63.0 Å². The van der Waals surface area contributed by atoms with Crippen LogP contribution in [0.25, 0.3) is 17.1 Å². The quantitative estimate of drug-likeness (QED) is 0.363. The Labute approximate surface area is 210 Å². The summed E-state index contributed by atoms with van der Waals surface area (Å²) in [6.45, 7) is 4.17. The molecule has 0 spiro atoms. The highest BCUT2D eigenvalue weighted by atomic mass is 16.5. The van der Waals surface area contributed by atoms with E-state index in [0.717, 1.165) is 60.8 Å². The maximum absolute atomic E-state index is 6.05. The lowest BCUT2D eigenvalue weighted by Crippen LogP contribution is -2.37. The van der Waals surface area contributed by atoms with Crippen molar-refractivity contribution in [1.82, 2.24) is 34.8 Å². The van der Waals surface area contributed by atoms with Crippen molar-refractivity contribution in [2.24, 2.45) is 7.05 Å². The Morgan fingerprint density at radius 3 is 2.58 bits per heavy atom. The van der Waals surface area contributed by atoms with E-state index in [1.165, 1.54) is 0 Å². The fraction of sp³-hybridized carbons (Fsp3) is 0.385. The SMILES string of the molecule is CNCCc1cc(-c2ccccc2)nn1-c1cc(N2CCOCC2)nc(OCCc2cnn(C)c2)n1. The van der Waals surface area contributed by atoms with Gasteiger partial charge in [-0.3, -0.25) is 4.68 Å². The van der Waals surface area contributed by atoms with E-state index < -0.39 is 0 Å². The number of nitrogens with zero attached hydrogens (tertiary/aromatic N) is 7. The fourth-order valence-corrected chi connectivity index (χ4v) is 4.19. The lowest BCUT2D eigenvalue weighted by Gasteiger charge is -2.28. The highest BCUT2D eigenvalue weighted by Crippen LogP contribution is 2.25. The molecule has 0 atom stereocenters. The van der Waals surface area contributed by atoms with E-state index in [1.807, 2.05) is 55.4 Å². The Kier molecular flexibility index (Phi) is 7.53. The van der Waals surface area contributed by atoms with E-state index in [-0.39, 0.29) is 0 Å². The van der Waals surface area contributed by atoms with E-state index >= 15 is 0 Å². The number of morpholine rings is 1. The molecule has 10 nitrogen and oxygen atoms in total. The van der Waals surface area contributed by atoms with Crippen LogP contribution in [0.2, 0.25) is 0 Å². The van der Waals surface area contributed by atoms with Crippen LogP contribution in [0.1, 0.15) is 11.3 Å². The molecule has 1 saturated heterocycles. The summed E-state index contributed by atoms with van der Waals surface area (Å²) in [7, 11) is 3.86. The third kappa shape index (κ3) is 5.72. The predicted octanol–water partition coefficient (Wildman–Crippen LogP) is 2.28. The molecule has 36 heavy (non-hydrogen) atoms. The minimum Gasteiger partial charge on any atom is -0.463 e. The third-order valence-electron chi connectivity index (χ3n) is 6.09. The van der Waals surface area contributed by atoms with Crippen molar-refractivity contribution >= 4 is 5.82 Å². The maximum atomic E-state index is 6.05. The van der Waals surface area contributed by atoms with Gasteiger partial charge in [0.15, 0.2) is 5.82 Å². The van der Waals surface area contributed by atoms with E-state index in [0.29, 0.717) is 31.6 Å². The average Bonchev–Trinajstić information content (AvgIpc) is 3.54. The first-order valence-electron chi connectivity index (χ1n) is 12.3. The number of nitrogens with one attached hydrogen (secondary N) is 1. The first kappa shape index (κ1) is 24.0. The number of aryl methyl sites for hydroxylation is 1. The molecule has 4 aromatic rings. The van der Waals surface area contributed by atoms with E-state index in [4.69, 9.17) is 24.5 Å². The van der Waals surface area contributed by atoms with Crippen molar-refractivity contribution in [3.8, 4) is 23.1 Å². The van der Waals surface area contributed by atoms with Crippen molar-refractivity contribution in [1.29, 1.82) is 0 Å². The number of anilines is 1. The van der Waals surface area contributed by atoms with Gasteiger partial charge in [0.1, 0.15) is 5.82 Å². The zero-order valence-electron chi connectivity index (χ0n) is 20.8. The van der Waals surface area contributed by atoms with Crippen molar-refractivity contribution in [3.63, 3.8) is 0 Å². The second-order valence-electron chi connectivity index (χ2n) is 8.74. The molecular formula is C26H32N8O2.